The van der Waals surface area contributed by atoms with Gasteiger partial charge in [-0.25, -0.2) is 13.2 Å². The Kier molecular flexibility index (Phi) is 4.23. The topological polar surface area (TPSA) is 83.5 Å². The summed E-state index contributed by atoms with van der Waals surface area (Å²) in [6.45, 7) is 3.06. The molecular weight excluding hydrogens is 342 g/mol. The zero-order chi connectivity index (χ0) is 14.1. The van der Waals surface area contributed by atoms with Crippen molar-refractivity contribution in [1.82, 2.24) is 4.72 Å². The Hall–Kier alpha value is -0.880. The van der Waals surface area contributed by atoms with Crippen LogP contribution in [0.2, 0.25) is 0 Å². The van der Waals surface area contributed by atoms with Crippen molar-refractivity contribution >= 4 is 43.3 Å². The molecule has 1 aromatic rings. The molecule has 1 rings (SSSR count). The molecule has 5 nitrogen and oxygen atoms in total. The first-order chi connectivity index (χ1) is 8.09. The second-order valence-corrected chi connectivity index (χ2v) is 7.95. The number of thiophene rings is 1. The fourth-order valence-corrected chi connectivity index (χ4v) is 4.81. The third-order valence-electron chi connectivity index (χ3n) is 1.91. The molecule has 0 amide bonds. The molecular formula is C10H10BrNO4S2. The number of hydrogen-bond donors (Lipinski definition) is 2. The van der Waals surface area contributed by atoms with Crippen molar-refractivity contribution < 1.29 is 18.3 Å². The zero-order valence-corrected chi connectivity index (χ0v) is 12.7. The minimum absolute atomic E-state index is 0.0687. The predicted molar refractivity (Wildman–Crippen MR) is 72.2 cm³/mol. The van der Waals surface area contributed by atoms with Crippen molar-refractivity contribution in [3.8, 4) is 12.3 Å². The predicted octanol–water partition coefficient (Wildman–Crippen LogP) is 1.90. The first-order valence-corrected chi connectivity index (χ1v) is 7.73. The summed E-state index contributed by atoms with van der Waals surface area (Å²) in [7, 11) is -3.87. The van der Waals surface area contributed by atoms with Crippen molar-refractivity contribution in [3.05, 3.63) is 14.7 Å². The minimum Gasteiger partial charge on any atom is -0.477 e. The molecule has 0 aliphatic carbocycles. The van der Waals surface area contributed by atoms with Crippen LogP contribution >= 0.6 is 27.3 Å². The summed E-state index contributed by atoms with van der Waals surface area (Å²) in [5, 5.41) is 8.81. The van der Waals surface area contributed by atoms with Gasteiger partial charge >= 0.3 is 5.97 Å². The van der Waals surface area contributed by atoms with E-state index in [1.807, 2.05) is 0 Å². The SMILES string of the molecule is C#CC(C)(C)NS(=O)(=O)c1cc(C(=O)O)sc1Br. The van der Waals surface area contributed by atoms with Crippen LogP contribution in [0, 0.1) is 12.3 Å². The molecule has 0 unspecified atom stereocenters. The number of rotatable bonds is 4. The van der Waals surface area contributed by atoms with E-state index in [1.165, 1.54) is 13.8 Å². The largest absolute Gasteiger partial charge is 0.477 e. The van der Waals surface area contributed by atoms with Crippen LogP contribution in [0.5, 0.6) is 0 Å². The number of carbonyl (C=O) groups is 1. The van der Waals surface area contributed by atoms with Crippen molar-refractivity contribution in [2.45, 2.75) is 24.3 Å². The van der Waals surface area contributed by atoms with Gasteiger partial charge in [-0.2, -0.15) is 4.72 Å². The second kappa shape index (κ2) is 5.01. The van der Waals surface area contributed by atoms with E-state index in [0.717, 1.165) is 17.4 Å². The maximum absolute atomic E-state index is 12.0. The molecule has 0 saturated heterocycles. The molecule has 0 aromatic carbocycles. The van der Waals surface area contributed by atoms with E-state index in [0.29, 0.717) is 0 Å². The van der Waals surface area contributed by atoms with E-state index in [2.05, 4.69) is 26.6 Å². The van der Waals surface area contributed by atoms with Crippen molar-refractivity contribution in [2.24, 2.45) is 0 Å². The number of hydrogen-bond acceptors (Lipinski definition) is 4. The van der Waals surface area contributed by atoms with E-state index in [9.17, 15) is 13.2 Å². The van der Waals surface area contributed by atoms with Crippen LogP contribution in [0.15, 0.2) is 14.7 Å². The number of nitrogens with one attached hydrogen (secondary N) is 1. The maximum atomic E-state index is 12.0. The lowest BCUT2D eigenvalue weighted by Crippen LogP contribution is -2.41. The third kappa shape index (κ3) is 3.32. The lowest BCUT2D eigenvalue weighted by atomic mass is 10.1. The Bertz CT molecular complexity index is 625. The summed E-state index contributed by atoms with van der Waals surface area (Å²) < 4.78 is 26.6. The Labute approximate surface area is 117 Å². The number of halogens is 1. The van der Waals surface area contributed by atoms with Gasteiger partial charge in [0.1, 0.15) is 9.77 Å². The molecule has 1 aromatic heterocycles. The van der Waals surface area contributed by atoms with Crippen molar-refractivity contribution in [1.29, 1.82) is 0 Å². The number of aromatic carboxylic acids is 1. The first-order valence-electron chi connectivity index (χ1n) is 4.63. The Morgan fingerprint density at radius 2 is 2.17 bits per heavy atom. The van der Waals surface area contributed by atoms with Gasteiger partial charge in [0.2, 0.25) is 10.0 Å². The lowest BCUT2D eigenvalue weighted by Gasteiger charge is -2.18. The zero-order valence-electron chi connectivity index (χ0n) is 9.52. The fraction of sp³-hybridized carbons (Fsp3) is 0.300. The fourth-order valence-electron chi connectivity index (χ4n) is 1.06. The van der Waals surface area contributed by atoms with E-state index in [-0.39, 0.29) is 13.6 Å². The van der Waals surface area contributed by atoms with E-state index < -0.39 is 21.5 Å². The van der Waals surface area contributed by atoms with E-state index in [4.69, 9.17) is 11.5 Å². The summed E-state index contributed by atoms with van der Waals surface area (Å²) in [6, 6.07) is 1.09. The Morgan fingerprint density at radius 1 is 1.61 bits per heavy atom. The number of sulfonamides is 1. The number of carboxylic acid groups (broad SMARTS) is 1. The summed E-state index contributed by atoms with van der Waals surface area (Å²) in [6.07, 6.45) is 5.20. The highest BCUT2D eigenvalue weighted by molar-refractivity contribution is 9.11. The Balaban J connectivity index is 3.22. The Morgan fingerprint density at radius 3 is 2.56 bits per heavy atom. The number of terminal acetylenes is 1. The molecule has 0 saturated carbocycles. The monoisotopic (exact) mass is 351 g/mol. The quantitative estimate of drug-likeness (QED) is 0.811. The molecule has 0 spiro atoms. The van der Waals surface area contributed by atoms with Crippen LogP contribution in [0.1, 0.15) is 23.5 Å². The molecule has 8 heteroatoms. The molecule has 0 bridgehead atoms. The molecule has 0 atom stereocenters. The van der Waals surface area contributed by atoms with E-state index >= 15 is 0 Å². The summed E-state index contributed by atoms with van der Waals surface area (Å²) in [5.41, 5.74) is -1.05. The van der Waals surface area contributed by atoms with Crippen LogP contribution in [0.25, 0.3) is 0 Å². The van der Waals surface area contributed by atoms with Gasteiger partial charge < -0.3 is 5.11 Å². The molecule has 0 radical (unpaired) electrons. The van der Waals surface area contributed by atoms with Gasteiger partial charge in [0.05, 0.1) is 9.33 Å². The van der Waals surface area contributed by atoms with Crippen LogP contribution in [0.4, 0.5) is 0 Å². The summed E-state index contributed by atoms with van der Waals surface area (Å²) >= 11 is 3.86. The van der Waals surface area contributed by atoms with Crippen LogP contribution in [-0.2, 0) is 10.0 Å². The molecule has 1 heterocycles. The van der Waals surface area contributed by atoms with Gasteiger partial charge in [-0.3, -0.25) is 0 Å². The van der Waals surface area contributed by atoms with Gasteiger partial charge in [0.25, 0.3) is 0 Å². The third-order valence-corrected chi connectivity index (χ3v) is 5.80. The standard InChI is InChI=1S/C10H10BrNO4S2/c1-4-10(2,3)12-18(15,16)7-5-6(9(13)14)17-8(7)11/h1,5,12H,2-3H3,(H,13,14). The molecule has 0 aliphatic heterocycles. The second-order valence-electron chi connectivity index (χ2n) is 3.93. The smallest absolute Gasteiger partial charge is 0.345 e. The molecule has 0 fully saturated rings. The maximum Gasteiger partial charge on any atom is 0.345 e. The molecule has 0 aliphatic rings. The molecule has 18 heavy (non-hydrogen) atoms. The van der Waals surface area contributed by atoms with Crippen LogP contribution in [0.3, 0.4) is 0 Å². The molecule has 98 valence electrons. The highest BCUT2D eigenvalue weighted by Gasteiger charge is 2.28. The van der Waals surface area contributed by atoms with Crippen LogP contribution < -0.4 is 4.72 Å². The average molecular weight is 352 g/mol. The minimum atomic E-state index is -3.87. The highest BCUT2D eigenvalue weighted by Crippen LogP contribution is 2.32. The van der Waals surface area contributed by atoms with Gasteiger partial charge in [0.15, 0.2) is 0 Å². The number of carboxylic acids is 1. The van der Waals surface area contributed by atoms with Gasteiger partial charge in [-0.1, -0.05) is 5.92 Å². The van der Waals surface area contributed by atoms with Crippen molar-refractivity contribution in [3.63, 3.8) is 0 Å². The highest BCUT2D eigenvalue weighted by atomic mass is 79.9. The van der Waals surface area contributed by atoms with Gasteiger partial charge in [0, 0.05) is 0 Å². The average Bonchev–Trinajstić information content (AvgIpc) is 2.60. The van der Waals surface area contributed by atoms with Crippen LogP contribution in [-0.4, -0.2) is 25.0 Å². The van der Waals surface area contributed by atoms with Crippen molar-refractivity contribution in [2.75, 3.05) is 0 Å². The normalized spacial score (nSPS) is 12.1. The van der Waals surface area contributed by atoms with Gasteiger partial charge in [-0.15, -0.1) is 17.8 Å². The summed E-state index contributed by atoms with van der Waals surface area (Å²) in [5.74, 6) is 1.12. The van der Waals surface area contributed by atoms with E-state index in [1.54, 1.807) is 0 Å². The van der Waals surface area contributed by atoms with Gasteiger partial charge in [-0.05, 0) is 35.8 Å². The molecule has 2 N–H and O–H groups in total. The first kappa shape index (κ1) is 15.2. The lowest BCUT2D eigenvalue weighted by molar-refractivity contribution is 0.0702. The summed E-state index contributed by atoms with van der Waals surface area (Å²) in [4.78, 5) is 10.6.